The second-order valence-corrected chi connectivity index (χ2v) is 22.4. The lowest BCUT2D eigenvalue weighted by molar-refractivity contribution is -0.191. The maximum atomic E-state index is 14.0. The summed E-state index contributed by atoms with van der Waals surface area (Å²) in [6.45, 7) is 10.3. The van der Waals surface area contributed by atoms with Gasteiger partial charge in [0, 0.05) is 26.7 Å². The van der Waals surface area contributed by atoms with Crippen LogP contribution in [0.3, 0.4) is 0 Å². The summed E-state index contributed by atoms with van der Waals surface area (Å²) in [7, 11) is 9.63. The van der Waals surface area contributed by atoms with Gasteiger partial charge in [0.05, 0.1) is 77.7 Å². The minimum absolute atomic E-state index is 0.0519. The first-order valence-corrected chi connectivity index (χ1v) is 29.2. The Hall–Kier alpha value is -10.5. The number of halogens is 5. The Morgan fingerprint density at radius 3 is 1.47 bits per heavy atom. The van der Waals surface area contributed by atoms with E-state index in [1.165, 1.54) is 97.3 Å². The number of hydrogen-bond donors (Lipinski definition) is 2. The van der Waals surface area contributed by atoms with Crippen molar-refractivity contribution in [3.05, 3.63) is 194 Å². The van der Waals surface area contributed by atoms with E-state index in [9.17, 15) is 51.7 Å². The quantitative estimate of drug-likeness (QED) is 0.0401. The van der Waals surface area contributed by atoms with Crippen LogP contribution >= 0.6 is 15.9 Å². The number of ether oxygens (including phenoxy) is 9. The normalized spacial score (nSPS) is 13.1. The third-order valence-corrected chi connectivity index (χ3v) is 16.0. The third kappa shape index (κ3) is 17.4. The Kier molecular flexibility index (Phi) is 25.6. The molecule has 0 bridgehead atoms. The average Bonchev–Trinajstić information content (AvgIpc) is 1.64. The highest BCUT2D eigenvalue weighted by Crippen LogP contribution is 2.41. The molecule has 20 nitrogen and oxygen atoms in total. The van der Waals surface area contributed by atoms with E-state index < -0.39 is 46.9 Å². The zero-order valence-corrected chi connectivity index (χ0v) is 55.4. The first-order valence-electron chi connectivity index (χ1n) is 28.4. The number of phenolic OH excluding ortho intramolecular Hbond substituents is 2. The fourth-order valence-electron chi connectivity index (χ4n) is 9.55. The third-order valence-electron chi connectivity index (χ3n) is 15.3. The number of aryl methyl sites for hydroxylation is 1. The van der Waals surface area contributed by atoms with Crippen LogP contribution in [-0.4, -0.2) is 115 Å². The number of phenols is 2. The van der Waals surface area contributed by atoms with Gasteiger partial charge in [-0.15, -0.1) is 0 Å². The summed E-state index contributed by atoms with van der Waals surface area (Å²) in [5, 5.41) is 18.8. The molecule has 1 fully saturated rings. The van der Waals surface area contributed by atoms with E-state index in [1.54, 1.807) is 43.5 Å². The number of esters is 3. The summed E-state index contributed by atoms with van der Waals surface area (Å²) in [4.78, 5) is 73.9. The fourth-order valence-corrected chi connectivity index (χ4v) is 9.96. The number of rotatable bonds is 11. The largest absolute Gasteiger partial charge is 0.508 e. The number of carbonyl (C=O) groups is 5. The van der Waals surface area contributed by atoms with Gasteiger partial charge in [-0.25, -0.2) is 31.9 Å². The molecule has 8 aromatic carbocycles. The predicted octanol–water partition coefficient (Wildman–Crippen LogP) is 13.0. The summed E-state index contributed by atoms with van der Waals surface area (Å²) >= 11 is 3.04. The molecule has 0 aliphatic carbocycles. The van der Waals surface area contributed by atoms with Gasteiger partial charge < -0.3 is 62.2 Å². The van der Waals surface area contributed by atoms with Crippen molar-refractivity contribution in [2.45, 2.75) is 59.0 Å². The summed E-state index contributed by atoms with van der Waals surface area (Å²) in [6, 6.07) is 30.1. The van der Waals surface area contributed by atoms with Gasteiger partial charge in [0.25, 0.3) is 0 Å². The minimum atomic E-state index is -0.771. The van der Waals surface area contributed by atoms with Gasteiger partial charge in [-0.1, -0.05) is 6.07 Å². The van der Waals surface area contributed by atoms with Crippen LogP contribution in [0.2, 0.25) is 0 Å². The molecule has 1 saturated heterocycles. The number of benzene rings is 8. The van der Waals surface area contributed by atoms with Gasteiger partial charge in [-0.2, -0.15) is 9.59 Å². The molecule has 0 amide bonds. The second-order valence-electron chi connectivity index (χ2n) is 21.5. The molecule has 26 heteroatoms. The molecule has 3 aliphatic heterocycles. The number of aldehydes is 2. The van der Waals surface area contributed by atoms with E-state index in [2.05, 4.69) is 48.4 Å². The van der Waals surface area contributed by atoms with E-state index in [1.807, 2.05) is 25.1 Å². The van der Waals surface area contributed by atoms with Crippen molar-refractivity contribution in [1.29, 1.82) is 0 Å². The van der Waals surface area contributed by atoms with Crippen molar-refractivity contribution in [3.8, 4) is 79.4 Å². The van der Waals surface area contributed by atoms with Crippen LogP contribution in [0.25, 0.3) is 33.4 Å². The molecule has 96 heavy (non-hydrogen) atoms. The summed E-state index contributed by atoms with van der Waals surface area (Å²) in [5.74, 6) is -2.63. The number of aromatic hydroxyl groups is 2. The van der Waals surface area contributed by atoms with E-state index in [0.717, 1.165) is 28.9 Å². The van der Waals surface area contributed by atoms with Crippen LogP contribution in [0.4, 0.5) is 17.6 Å². The summed E-state index contributed by atoms with van der Waals surface area (Å²) in [5.41, 5.74) is 6.85. The number of methoxy groups -OCH3 is 7. The van der Waals surface area contributed by atoms with Crippen LogP contribution in [0.1, 0.15) is 96.2 Å². The van der Waals surface area contributed by atoms with Gasteiger partial charge >= 0.3 is 31.2 Å². The molecule has 502 valence electrons. The van der Waals surface area contributed by atoms with Gasteiger partial charge in [0.1, 0.15) is 36.2 Å². The van der Waals surface area contributed by atoms with Crippen molar-refractivity contribution in [2.75, 3.05) is 49.8 Å². The zero-order chi connectivity index (χ0) is 70.9. The monoisotopic (exact) mass is 1390 g/mol. The highest BCUT2D eigenvalue weighted by atomic mass is 79.9. The Labute approximate surface area is 557 Å². The van der Waals surface area contributed by atoms with E-state index in [0.29, 0.717) is 78.6 Å². The van der Waals surface area contributed by atoms with Crippen LogP contribution in [-0.2, 0) is 46.3 Å². The van der Waals surface area contributed by atoms with E-state index in [-0.39, 0.29) is 82.9 Å². The number of cyclic esters (lactones) is 2. The van der Waals surface area contributed by atoms with Crippen molar-refractivity contribution in [2.24, 2.45) is 0 Å². The predicted molar refractivity (Wildman–Crippen MR) is 345 cm³/mol. The zero-order valence-electron chi connectivity index (χ0n) is 53.8. The van der Waals surface area contributed by atoms with Crippen molar-refractivity contribution >= 4 is 65.1 Å². The van der Waals surface area contributed by atoms with Gasteiger partial charge in [-0.3, -0.25) is 9.59 Å². The van der Waals surface area contributed by atoms with Crippen LogP contribution in [0.5, 0.6) is 46.0 Å². The molecular weight excluding hydrogens is 1330 g/mol. The molecule has 0 saturated carbocycles. The maximum absolute atomic E-state index is 14.0. The summed E-state index contributed by atoms with van der Waals surface area (Å²) in [6.07, 6.45) is 1.45. The number of carbonyl (C=O) groups excluding carboxylic acids is 7. The van der Waals surface area contributed by atoms with Crippen LogP contribution < -0.4 is 33.9 Å². The molecule has 2 N–H and O–H groups in total. The first kappa shape index (κ1) is 74.5. The molecule has 3 aliphatic rings. The highest BCUT2D eigenvalue weighted by Gasteiger charge is 2.52. The first-order chi connectivity index (χ1) is 45.6. The van der Waals surface area contributed by atoms with Crippen molar-refractivity contribution in [3.63, 3.8) is 0 Å². The van der Waals surface area contributed by atoms with Crippen LogP contribution in [0, 0.1) is 30.2 Å². The Morgan fingerprint density at radius 1 is 0.521 bits per heavy atom. The Morgan fingerprint density at radius 2 is 0.958 bits per heavy atom. The average molecular weight is 1390 g/mol. The molecule has 8 aromatic rings. The molecule has 11 rings (SSSR count). The van der Waals surface area contributed by atoms with Crippen molar-refractivity contribution in [1.82, 2.24) is 0 Å². The standard InChI is InChI=1S/C17H15FO5.C16H13FO4.C14H21BO3.C14H9FO4.C8H6BrFO2.CO2/c1-21-11-4-5-12(14(7-11)17(20)23-3)13-8-15(18)16(22-2)6-10(13)9-19;1-19-10-3-4-11-12-7-14(17)15(20-2)5-9(12)8-21-16(18)13(11)6-10;1-10-9-11(16-6)7-8-12(10)15-17-13(2,3)14(4,5)18-15;15-12-5-10-7(3-13(12)17)6-19-14(18)11-4-8(16)1-2-9(10)11;1-12-8-2-5(4-11)6(9)3-7(8)10;2-1-3/h4-9H,1-3H3;3-7H,8H2,1-2H3;7-9H,1-6H3;1-5,16-17H,6H2;2-4H,1H3;. The molecule has 3 heterocycles. The SMILES string of the molecule is COC(=O)c1cc(OC)ccc1-c1cc(F)c(OC)cc1C=O.COc1cc(C=O)c(Br)cc1F.COc1ccc(B2OC(C)(C)C(C)(C)O2)c(C)c1.COc1ccc2c(c1)C(=O)OCc1cc(OC)c(F)cc1-2.O=C1OCc2cc(O)c(F)cc2-c2ccc(O)cc21.O=C=O. The van der Waals surface area contributed by atoms with E-state index in [4.69, 9.17) is 56.8 Å². The molecule has 0 unspecified atom stereocenters. The second kappa shape index (κ2) is 33.0. The Balaban J connectivity index is 0.000000190. The fraction of sp³-hybridized carbons (Fsp3) is 0.229. The minimum Gasteiger partial charge on any atom is -0.508 e. The summed E-state index contributed by atoms with van der Waals surface area (Å²) < 4.78 is 112. The van der Waals surface area contributed by atoms with Crippen molar-refractivity contribution < 1.29 is 113 Å². The highest BCUT2D eigenvalue weighted by molar-refractivity contribution is 9.10. The van der Waals surface area contributed by atoms with Gasteiger partial charge in [0.2, 0.25) is 0 Å². The molecule has 0 spiro atoms. The lowest BCUT2D eigenvalue weighted by Crippen LogP contribution is -2.41. The van der Waals surface area contributed by atoms with Gasteiger partial charge in [0.15, 0.2) is 58.8 Å². The maximum Gasteiger partial charge on any atom is 0.495 e. The van der Waals surface area contributed by atoms with E-state index >= 15 is 0 Å². The molecule has 0 atom stereocenters. The smallest absolute Gasteiger partial charge is 0.495 e. The lowest BCUT2D eigenvalue weighted by Gasteiger charge is -2.32. The Bertz CT molecular complexity index is 4230. The lowest BCUT2D eigenvalue weighted by atomic mass is 9.76. The number of hydrogen-bond acceptors (Lipinski definition) is 20. The van der Waals surface area contributed by atoms with Gasteiger partial charge in [-0.05, 0) is 210 Å². The van der Waals surface area contributed by atoms with Crippen LogP contribution in [0.15, 0.2) is 126 Å². The molecular formula is C70H64BBrF4O20. The molecule has 0 aromatic heterocycles. The number of fused-ring (bicyclic) bond motifs is 6. The topological polar surface area (TPSA) is 261 Å². The molecule has 0 radical (unpaired) electrons.